The Hall–Kier alpha value is -4.48. The number of ether oxygens (including phenoxy) is 3. The van der Waals surface area contributed by atoms with Crippen molar-refractivity contribution < 1.29 is 27.8 Å². The molecular weight excluding hydrogens is 570 g/mol. The van der Waals surface area contributed by atoms with Crippen LogP contribution in [-0.2, 0) is 19.1 Å². The number of nitrogens with one attached hydrogen (secondary N) is 1. The second kappa shape index (κ2) is 9.53. The van der Waals surface area contributed by atoms with E-state index in [2.05, 4.69) is 10.4 Å². The van der Waals surface area contributed by atoms with Crippen LogP contribution in [0, 0.1) is 11.6 Å². The molecule has 1 aromatic heterocycles. The number of aromatic nitrogens is 2. The van der Waals surface area contributed by atoms with E-state index in [-0.39, 0.29) is 52.2 Å². The summed E-state index contributed by atoms with van der Waals surface area (Å²) in [5, 5.41) is 6.97. The number of nitrogens with zero attached hydrogens (tertiary/aromatic N) is 2. The molecule has 2 atom stereocenters. The minimum atomic E-state index is -1.07. The van der Waals surface area contributed by atoms with Gasteiger partial charge in [-0.2, -0.15) is 5.10 Å². The number of halogens is 3. The number of amides is 1. The normalized spacial score (nSPS) is 20.1. The van der Waals surface area contributed by atoms with Crippen molar-refractivity contribution in [2.24, 2.45) is 12.8 Å². The second-order valence-corrected chi connectivity index (χ2v) is 10.9. The molecule has 1 saturated heterocycles. The third kappa shape index (κ3) is 3.80. The molecule has 42 heavy (non-hydrogen) atoms. The molecule has 9 nitrogen and oxygen atoms in total. The lowest BCUT2D eigenvalue weighted by molar-refractivity contribution is 0.0539. The molecule has 0 unspecified atom stereocenters. The van der Waals surface area contributed by atoms with Gasteiger partial charge in [0.25, 0.3) is 0 Å². The lowest BCUT2D eigenvalue weighted by Gasteiger charge is -2.35. The van der Waals surface area contributed by atoms with Crippen LogP contribution in [0.25, 0.3) is 11.1 Å². The van der Waals surface area contributed by atoms with Crippen molar-refractivity contribution >= 4 is 17.5 Å². The second-order valence-electron chi connectivity index (χ2n) is 10.5. The monoisotopic (exact) mass is 592 g/mol. The molecule has 214 valence electrons. The van der Waals surface area contributed by atoms with Crippen molar-refractivity contribution in [2.45, 2.75) is 30.9 Å². The Bertz CT molecular complexity index is 1860. The number of primary amides is 1. The summed E-state index contributed by atoms with van der Waals surface area (Å²) >= 11 is 6.57. The molecule has 0 aliphatic carbocycles. The van der Waals surface area contributed by atoms with Gasteiger partial charge < -0.3 is 25.3 Å². The van der Waals surface area contributed by atoms with Crippen molar-refractivity contribution in [1.82, 2.24) is 15.1 Å². The number of carbonyl (C=O) groups is 1. The zero-order valence-electron chi connectivity index (χ0n) is 22.2. The summed E-state index contributed by atoms with van der Waals surface area (Å²) in [6.07, 6.45) is 3.12. The fourth-order valence-electron chi connectivity index (χ4n) is 6.13. The highest BCUT2D eigenvalue weighted by atomic mass is 35.5. The molecule has 1 amide bonds. The Labute approximate surface area is 242 Å². The minimum Gasteiger partial charge on any atom is -0.480 e. The number of benzene rings is 3. The average Bonchev–Trinajstić information content (AvgIpc) is 3.66. The Kier molecular flexibility index (Phi) is 6.00. The minimum absolute atomic E-state index is 0.0759. The highest BCUT2D eigenvalue weighted by Gasteiger charge is 2.50. The zero-order valence-corrected chi connectivity index (χ0v) is 22.9. The third-order valence-electron chi connectivity index (χ3n) is 8.09. The van der Waals surface area contributed by atoms with E-state index < -0.39 is 39.5 Å². The van der Waals surface area contributed by atoms with Gasteiger partial charge in [-0.05, 0) is 31.0 Å². The maximum atomic E-state index is 16.6. The largest absolute Gasteiger partial charge is 0.480 e. The van der Waals surface area contributed by atoms with Crippen LogP contribution in [-0.4, -0.2) is 28.3 Å². The molecule has 3 aliphatic rings. The first-order chi connectivity index (χ1) is 20.2. The van der Waals surface area contributed by atoms with Crippen LogP contribution in [0.1, 0.15) is 34.3 Å². The molecule has 0 spiro atoms. The van der Waals surface area contributed by atoms with Gasteiger partial charge in [0.05, 0.1) is 22.8 Å². The molecular formula is C30H23ClF2N4O5. The Morgan fingerprint density at radius 2 is 1.88 bits per heavy atom. The molecule has 3 aromatic carbocycles. The fraction of sp³-hybridized carbons (Fsp3) is 0.233. The number of carbonyl (C=O) groups excluding carboxylic acids is 1. The fourth-order valence-corrected chi connectivity index (χ4v) is 6.39. The molecule has 1 fully saturated rings. The number of rotatable bonds is 4. The van der Waals surface area contributed by atoms with Crippen LogP contribution in [0.4, 0.5) is 8.78 Å². The van der Waals surface area contributed by atoms with E-state index in [1.54, 1.807) is 0 Å². The number of hydrogen-bond donors (Lipinski definition) is 2. The van der Waals surface area contributed by atoms with E-state index in [0.29, 0.717) is 5.56 Å². The molecule has 4 aromatic rings. The van der Waals surface area contributed by atoms with Crippen molar-refractivity contribution in [3.63, 3.8) is 0 Å². The van der Waals surface area contributed by atoms with E-state index in [1.165, 1.54) is 19.3 Å². The van der Waals surface area contributed by atoms with Crippen LogP contribution < -0.4 is 30.8 Å². The highest BCUT2D eigenvalue weighted by Crippen LogP contribution is 2.54. The number of nitrogens with two attached hydrogens (primary N) is 1. The molecule has 0 saturated carbocycles. The van der Waals surface area contributed by atoms with Crippen molar-refractivity contribution in [3.8, 4) is 39.9 Å². The predicted molar refractivity (Wildman–Crippen MR) is 148 cm³/mol. The van der Waals surface area contributed by atoms with Gasteiger partial charge in [-0.25, -0.2) is 13.5 Å². The summed E-state index contributed by atoms with van der Waals surface area (Å²) < 4.78 is 51.0. The number of fused-ring (bicyclic) bond motifs is 3. The SMILES string of the molecule is Cn1ncc2c(c1=O)Oc1cc(C(N)=O)c(-c3c(Cl)c(F)cc4c3C[C@](c3ccccc3)([C@@H]3CCCN3)O4)c(F)c1O2. The Morgan fingerprint density at radius 3 is 2.60 bits per heavy atom. The Balaban J connectivity index is 1.45. The Morgan fingerprint density at radius 1 is 1.12 bits per heavy atom. The first-order valence-electron chi connectivity index (χ1n) is 13.3. The summed E-state index contributed by atoms with van der Waals surface area (Å²) in [4.78, 5) is 25.3. The van der Waals surface area contributed by atoms with Gasteiger partial charge in [-0.1, -0.05) is 41.9 Å². The molecule has 0 bridgehead atoms. The topological polar surface area (TPSA) is 118 Å². The standard InChI is InChI=1S/C30H23ClF2N4O5/c1-37-29(39)27-20(13-36-37)41-26-19(40-27)10-15(28(34)38)23(25(26)33)22-16-12-30(21-8-5-9-35-21,14-6-3-2-4-7-14)42-18(16)11-17(32)24(22)31/h2-4,6-7,10-11,13,21,35H,5,8-9,12H2,1H3,(H2,34,38)/t21-,30-/m0/s1. The van der Waals surface area contributed by atoms with Crippen LogP contribution in [0.15, 0.2) is 53.5 Å². The number of aryl methyl sites for hydroxylation is 1. The summed E-state index contributed by atoms with van der Waals surface area (Å²) in [5.41, 5.74) is 4.62. The molecule has 3 aliphatic heterocycles. The van der Waals surface area contributed by atoms with Crippen molar-refractivity contribution in [1.29, 1.82) is 0 Å². The quantitative estimate of drug-likeness (QED) is 0.303. The first-order valence-corrected chi connectivity index (χ1v) is 13.6. The maximum absolute atomic E-state index is 16.6. The van der Waals surface area contributed by atoms with Crippen molar-refractivity contribution in [3.05, 3.63) is 92.4 Å². The smallest absolute Gasteiger partial charge is 0.313 e. The van der Waals surface area contributed by atoms with E-state index >= 15 is 8.78 Å². The van der Waals surface area contributed by atoms with Crippen molar-refractivity contribution in [2.75, 3.05) is 6.54 Å². The molecule has 3 N–H and O–H groups in total. The molecule has 7 rings (SSSR count). The zero-order chi connectivity index (χ0) is 29.3. The lowest BCUT2D eigenvalue weighted by atomic mass is 9.80. The maximum Gasteiger partial charge on any atom is 0.313 e. The van der Waals surface area contributed by atoms with E-state index in [1.807, 2.05) is 30.3 Å². The third-order valence-corrected chi connectivity index (χ3v) is 8.46. The molecule has 4 heterocycles. The van der Waals surface area contributed by atoms with Gasteiger partial charge in [-0.15, -0.1) is 0 Å². The summed E-state index contributed by atoms with van der Waals surface area (Å²) in [7, 11) is 1.41. The predicted octanol–water partition coefficient (Wildman–Crippen LogP) is 4.96. The van der Waals surface area contributed by atoms with Gasteiger partial charge >= 0.3 is 5.56 Å². The van der Waals surface area contributed by atoms with Crippen LogP contribution >= 0.6 is 11.6 Å². The summed E-state index contributed by atoms with van der Waals surface area (Å²) in [5.74, 6) is -3.84. The molecule has 12 heteroatoms. The van der Waals surface area contributed by atoms with Gasteiger partial charge in [0.2, 0.25) is 17.4 Å². The van der Waals surface area contributed by atoms with Gasteiger partial charge in [0.15, 0.2) is 22.9 Å². The van der Waals surface area contributed by atoms with Gasteiger partial charge in [0.1, 0.15) is 11.6 Å². The lowest BCUT2D eigenvalue weighted by Crippen LogP contribution is -2.48. The van der Waals surface area contributed by atoms with Crippen LogP contribution in [0.3, 0.4) is 0 Å². The average molecular weight is 593 g/mol. The van der Waals surface area contributed by atoms with Crippen LogP contribution in [0.5, 0.6) is 28.7 Å². The molecule has 0 radical (unpaired) electrons. The van der Waals surface area contributed by atoms with Gasteiger partial charge in [-0.3, -0.25) is 9.59 Å². The highest BCUT2D eigenvalue weighted by molar-refractivity contribution is 6.34. The van der Waals surface area contributed by atoms with E-state index in [9.17, 15) is 9.59 Å². The van der Waals surface area contributed by atoms with Gasteiger partial charge in [0, 0.05) is 36.2 Å². The summed E-state index contributed by atoms with van der Waals surface area (Å²) in [6, 6.07) is 11.7. The summed E-state index contributed by atoms with van der Waals surface area (Å²) in [6.45, 7) is 0.781. The van der Waals surface area contributed by atoms with Crippen LogP contribution in [0.2, 0.25) is 5.02 Å². The van der Waals surface area contributed by atoms with E-state index in [0.717, 1.165) is 35.7 Å². The van der Waals surface area contributed by atoms with E-state index in [4.69, 9.17) is 31.5 Å². The number of hydrogen-bond acceptors (Lipinski definition) is 7. The first kappa shape index (κ1) is 26.4.